The van der Waals surface area contributed by atoms with Gasteiger partial charge >= 0.3 is 0 Å². The first-order chi connectivity index (χ1) is 14.3. The molecule has 0 fully saturated rings. The lowest BCUT2D eigenvalue weighted by Gasteiger charge is -2.24. The first-order valence-electron chi connectivity index (χ1n) is 9.43. The van der Waals surface area contributed by atoms with Gasteiger partial charge in [-0.05, 0) is 49.7 Å². The second-order valence-electron chi connectivity index (χ2n) is 7.03. The number of carbonyl (C=O) groups is 1. The Balaban J connectivity index is 1.86. The third kappa shape index (κ3) is 5.20. The molecule has 3 aromatic rings. The van der Waals surface area contributed by atoms with Gasteiger partial charge in [-0.3, -0.25) is 9.10 Å². The summed E-state index contributed by atoms with van der Waals surface area (Å²) >= 11 is 6.13. The van der Waals surface area contributed by atoms with E-state index in [2.05, 4.69) is 5.32 Å². The number of nitrogens with zero attached hydrogens (tertiary/aromatic N) is 1. The minimum absolute atomic E-state index is 0.132. The van der Waals surface area contributed by atoms with Gasteiger partial charge < -0.3 is 5.32 Å². The summed E-state index contributed by atoms with van der Waals surface area (Å²) in [7, 11) is -3.92. The van der Waals surface area contributed by atoms with Gasteiger partial charge in [0.15, 0.2) is 0 Å². The first kappa shape index (κ1) is 21.9. The SMILES string of the molecule is Cc1ccc(N(CC(=O)NCc2ccccc2Cl)S(=O)(=O)c2ccc(C)cc2)cc1. The van der Waals surface area contributed by atoms with Crippen LogP contribution >= 0.6 is 11.6 Å². The lowest BCUT2D eigenvalue weighted by atomic mass is 10.2. The number of nitrogens with one attached hydrogen (secondary N) is 1. The Morgan fingerprint density at radius 3 is 2.07 bits per heavy atom. The van der Waals surface area contributed by atoms with Crippen LogP contribution in [0.15, 0.2) is 77.7 Å². The second kappa shape index (κ2) is 9.32. The zero-order valence-corrected chi connectivity index (χ0v) is 18.4. The number of hydrogen-bond donors (Lipinski definition) is 1. The molecule has 1 amide bonds. The minimum atomic E-state index is -3.92. The van der Waals surface area contributed by atoms with Crippen molar-refractivity contribution in [3.8, 4) is 0 Å². The van der Waals surface area contributed by atoms with Gasteiger partial charge in [0, 0.05) is 11.6 Å². The first-order valence-corrected chi connectivity index (χ1v) is 11.3. The van der Waals surface area contributed by atoms with Gasteiger partial charge in [-0.2, -0.15) is 0 Å². The van der Waals surface area contributed by atoms with Crippen LogP contribution in [0.2, 0.25) is 5.02 Å². The van der Waals surface area contributed by atoms with Crippen molar-refractivity contribution in [1.29, 1.82) is 0 Å². The number of amides is 1. The zero-order chi connectivity index (χ0) is 21.7. The quantitative estimate of drug-likeness (QED) is 0.587. The molecule has 0 unspecified atom stereocenters. The predicted octanol–water partition coefficient (Wildman–Crippen LogP) is 4.47. The summed E-state index contributed by atoms with van der Waals surface area (Å²) in [5.41, 5.74) is 3.13. The Labute approximate surface area is 182 Å². The standard InChI is InChI=1S/C23H23ClN2O3S/c1-17-7-11-20(12-8-17)26(30(28,29)21-13-9-18(2)10-14-21)16-23(27)25-15-19-5-3-4-6-22(19)24/h3-14H,15-16H2,1-2H3,(H,25,27). The van der Waals surface area contributed by atoms with Crippen LogP contribution in [-0.4, -0.2) is 20.9 Å². The van der Waals surface area contributed by atoms with Crippen molar-refractivity contribution in [2.45, 2.75) is 25.3 Å². The van der Waals surface area contributed by atoms with Gasteiger partial charge in [0.05, 0.1) is 10.6 Å². The van der Waals surface area contributed by atoms with E-state index in [4.69, 9.17) is 11.6 Å². The van der Waals surface area contributed by atoms with E-state index in [1.54, 1.807) is 48.5 Å². The van der Waals surface area contributed by atoms with Gasteiger partial charge in [0.1, 0.15) is 6.54 Å². The van der Waals surface area contributed by atoms with Crippen LogP contribution in [0.3, 0.4) is 0 Å². The third-order valence-corrected chi connectivity index (χ3v) is 6.81. The normalized spacial score (nSPS) is 11.2. The second-order valence-corrected chi connectivity index (χ2v) is 9.30. The highest BCUT2D eigenvalue weighted by Crippen LogP contribution is 2.24. The highest BCUT2D eigenvalue weighted by Gasteiger charge is 2.27. The van der Waals surface area contributed by atoms with Crippen molar-refractivity contribution >= 4 is 33.2 Å². The van der Waals surface area contributed by atoms with Crippen molar-refractivity contribution in [1.82, 2.24) is 5.32 Å². The van der Waals surface area contributed by atoms with Crippen molar-refractivity contribution in [3.05, 3.63) is 94.5 Å². The van der Waals surface area contributed by atoms with Crippen molar-refractivity contribution < 1.29 is 13.2 Å². The molecule has 0 aliphatic heterocycles. The molecule has 0 saturated heterocycles. The highest BCUT2D eigenvalue weighted by atomic mass is 35.5. The Bertz CT molecular complexity index is 1130. The van der Waals surface area contributed by atoms with Crippen LogP contribution in [0.1, 0.15) is 16.7 Å². The smallest absolute Gasteiger partial charge is 0.264 e. The Hall–Kier alpha value is -2.83. The van der Waals surface area contributed by atoms with Crippen molar-refractivity contribution in [2.24, 2.45) is 0 Å². The molecule has 0 heterocycles. The third-order valence-electron chi connectivity index (χ3n) is 4.65. The maximum absolute atomic E-state index is 13.3. The number of rotatable bonds is 7. The molecular weight excluding hydrogens is 420 g/mol. The molecule has 3 aromatic carbocycles. The van der Waals surface area contributed by atoms with Gasteiger partial charge in [-0.15, -0.1) is 0 Å². The fraction of sp³-hybridized carbons (Fsp3) is 0.174. The van der Waals surface area contributed by atoms with Gasteiger partial charge in [0.25, 0.3) is 10.0 Å². The van der Waals surface area contributed by atoms with E-state index in [1.807, 2.05) is 38.1 Å². The summed E-state index contributed by atoms with van der Waals surface area (Å²) in [5, 5.41) is 3.30. The lowest BCUT2D eigenvalue weighted by Crippen LogP contribution is -2.40. The molecule has 0 radical (unpaired) electrons. The Kier molecular flexibility index (Phi) is 6.80. The van der Waals surface area contributed by atoms with Gasteiger partial charge in [-0.25, -0.2) is 8.42 Å². The highest BCUT2D eigenvalue weighted by molar-refractivity contribution is 7.92. The molecule has 30 heavy (non-hydrogen) atoms. The summed E-state index contributed by atoms with van der Waals surface area (Å²) in [4.78, 5) is 12.8. The molecule has 3 rings (SSSR count). The topological polar surface area (TPSA) is 66.5 Å². The largest absolute Gasteiger partial charge is 0.350 e. The average molecular weight is 443 g/mol. The van der Waals surface area contributed by atoms with E-state index in [1.165, 1.54) is 0 Å². The molecule has 0 spiro atoms. The summed E-state index contributed by atoms with van der Waals surface area (Å²) in [6.45, 7) is 3.67. The zero-order valence-electron chi connectivity index (χ0n) is 16.8. The van der Waals surface area contributed by atoms with Crippen LogP contribution in [-0.2, 0) is 21.4 Å². The maximum Gasteiger partial charge on any atom is 0.264 e. The lowest BCUT2D eigenvalue weighted by molar-refractivity contribution is -0.119. The number of halogens is 1. The summed E-state index contributed by atoms with van der Waals surface area (Å²) in [6, 6.07) is 20.8. The molecule has 7 heteroatoms. The number of benzene rings is 3. The van der Waals surface area contributed by atoms with Crippen LogP contribution in [0.25, 0.3) is 0 Å². The predicted molar refractivity (Wildman–Crippen MR) is 120 cm³/mol. The van der Waals surface area contributed by atoms with Crippen molar-refractivity contribution in [3.63, 3.8) is 0 Å². The van der Waals surface area contributed by atoms with E-state index >= 15 is 0 Å². The number of aryl methyl sites for hydroxylation is 2. The monoisotopic (exact) mass is 442 g/mol. The van der Waals surface area contributed by atoms with E-state index in [0.29, 0.717) is 10.7 Å². The van der Waals surface area contributed by atoms with E-state index in [-0.39, 0.29) is 18.0 Å². The number of sulfonamides is 1. The van der Waals surface area contributed by atoms with Crippen LogP contribution in [0.4, 0.5) is 5.69 Å². The fourth-order valence-corrected chi connectivity index (χ4v) is 4.51. The van der Waals surface area contributed by atoms with Crippen LogP contribution < -0.4 is 9.62 Å². The molecule has 0 aliphatic rings. The van der Waals surface area contributed by atoms with E-state index in [9.17, 15) is 13.2 Å². The van der Waals surface area contributed by atoms with Crippen LogP contribution in [0, 0.1) is 13.8 Å². The summed E-state index contributed by atoms with van der Waals surface area (Å²) < 4.78 is 27.8. The Morgan fingerprint density at radius 2 is 1.47 bits per heavy atom. The molecule has 0 bridgehead atoms. The van der Waals surface area contributed by atoms with Gasteiger partial charge in [-0.1, -0.05) is 65.2 Å². The van der Waals surface area contributed by atoms with Gasteiger partial charge in [0.2, 0.25) is 5.91 Å². The number of anilines is 1. The molecule has 0 aliphatic carbocycles. The fourth-order valence-electron chi connectivity index (χ4n) is 2.89. The minimum Gasteiger partial charge on any atom is -0.350 e. The molecule has 1 N–H and O–H groups in total. The van der Waals surface area contributed by atoms with E-state index < -0.39 is 15.9 Å². The Morgan fingerprint density at radius 1 is 0.900 bits per heavy atom. The molecule has 0 saturated carbocycles. The average Bonchev–Trinajstić information content (AvgIpc) is 2.72. The summed E-state index contributed by atoms with van der Waals surface area (Å²) in [6.07, 6.45) is 0. The molecule has 5 nitrogen and oxygen atoms in total. The van der Waals surface area contributed by atoms with E-state index in [0.717, 1.165) is 21.0 Å². The van der Waals surface area contributed by atoms with Crippen molar-refractivity contribution in [2.75, 3.05) is 10.8 Å². The number of hydrogen-bond acceptors (Lipinski definition) is 3. The van der Waals surface area contributed by atoms with Crippen LogP contribution in [0.5, 0.6) is 0 Å². The molecule has 0 atom stereocenters. The molecule has 156 valence electrons. The molecule has 0 aromatic heterocycles. The summed E-state index contributed by atoms with van der Waals surface area (Å²) in [5.74, 6) is -0.425. The molecular formula is C23H23ClN2O3S. The maximum atomic E-state index is 13.3. The number of carbonyl (C=O) groups excluding carboxylic acids is 1.